The molecule has 0 saturated carbocycles. The van der Waals surface area contributed by atoms with Crippen LogP contribution in [-0.4, -0.2) is 28.2 Å². The number of ether oxygens (including phenoxy) is 1. The monoisotopic (exact) mass is 383 g/mol. The summed E-state index contributed by atoms with van der Waals surface area (Å²) in [5.41, 5.74) is 1.86. The minimum absolute atomic E-state index is 0.281. The third kappa shape index (κ3) is 3.91. The molecule has 0 bridgehead atoms. The van der Waals surface area contributed by atoms with E-state index in [-0.39, 0.29) is 12.3 Å². The van der Waals surface area contributed by atoms with Crippen molar-refractivity contribution in [2.75, 3.05) is 6.61 Å². The highest BCUT2D eigenvalue weighted by atomic mass is 19.1. The molecule has 2 aromatic carbocycles. The molecular weight excluding hydrogens is 361 g/mol. The number of carbonyl (C=O) groups excluding carboxylic acids is 1. The van der Waals surface area contributed by atoms with Crippen molar-refractivity contribution in [2.45, 2.75) is 33.1 Å². The summed E-state index contributed by atoms with van der Waals surface area (Å²) in [5.74, 6) is -1.12. The van der Waals surface area contributed by atoms with Gasteiger partial charge in [-0.05, 0) is 61.4 Å². The molecule has 0 spiro atoms. The van der Waals surface area contributed by atoms with Gasteiger partial charge >= 0.3 is 5.97 Å². The van der Waals surface area contributed by atoms with Crippen molar-refractivity contribution in [1.82, 2.24) is 4.57 Å². The van der Waals surface area contributed by atoms with Crippen molar-refractivity contribution in [3.05, 3.63) is 65.1 Å². The molecule has 0 fully saturated rings. The molecule has 0 saturated heterocycles. The molecule has 0 amide bonds. The lowest BCUT2D eigenvalue weighted by Gasteiger charge is -2.09. The van der Waals surface area contributed by atoms with E-state index in [1.807, 2.05) is 0 Å². The highest BCUT2D eigenvalue weighted by Crippen LogP contribution is 2.28. The number of benzene rings is 2. The minimum Gasteiger partial charge on any atom is -0.494 e. The van der Waals surface area contributed by atoms with Gasteiger partial charge in [0.05, 0.1) is 18.5 Å². The summed E-state index contributed by atoms with van der Waals surface area (Å²) in [7, 11) is 0. The maximum absolute atomic E-state index is 13.7. The van der Waals surface area contributed by atoms with E-state index in [1.165, 1.54) is 22.8 Å². The zero-order chi connectivity index (χ0) is 20.3. The Balaban J connectivity index is 1.99. The molecule has 0 aliphatic heterocycles. The van der Waals surface area contributed by atoms with E-state index in [0.29, 0.717) is 40.1 Å². The van der Waals surface area contributed by atoms with Gasteiger partial charge < -0.3 is 9.84 Å². The number of rotatable bonds is 7. The van der Waals surface area contributed by atoms with Gasteiger partial charge in [0.1, 0.15) is 11.6 Å². The maximum atomic E-state index is 13.7. The van der Waals surface area contributed by atoms with Crippen LogP contribution in [0.25, 0.3) is 10.9 Å². The van der Waals surface area contributed by atoms with Crippen molar-refractivity contribution < 1.29 is 23.8 Å². The summed E-state index contributed by atoms with van der Waals surface area (Å²) in [6.45, 7) is 4.38. The number of fused-ring (bicyclic) bond motifs is 1. The van der Waals surface area contributed by atoms with Crippen molar-refractivity contribution >= 4 is 22.8 Å². The number of aromatic nitrogens is 1. The standard InChI is InChI=1S/C22H22FNO4/c1-3-4-11-28-17-8-5-15(6-9-17)22(27)24-14(2)18(13-21(25)26)19-12-16(23)7-10-20(19)24/h5-10,12H,3-4,11,13H2,1-2H3,(H,25,26). The van der Waals surface area contributed by atoms with Gasteiger partial charge in [-0.25, -0.2) is 4.39 Å². The molecule has 0 unspecified atom stereocenters. The van der Waals surface area contributed by atoms with E-state index in [1.54, 1.807) is 31.2 Å². The Morgan fingerprint density at radius 3 is 2.50 bits per heavy atom. The average Bonchev–Trinajstić information content (AvgIpc) is 2.93. The van der Waals surface area contributed by atoms with Gasteiger partial charge in [-0.2, -0.15) is 0 Å². The predicted octanol–water partition coefficient (Wildman–Crippen LogP) is 4.58. The fourth-order valence-electron chi connectivity index (χ4n) is 3.25. The van der Waals surface area contributed by atoms with Gasteiger partial charge in [0, 0.05) is 16.6 Å². The molecule has 0 aliphatic carbocycles. The Hall–Kier alpha value is -3.15. The molecular formula is C22H22FNO4. The lowest BCUT2D eigenvalue weighted by atomic mass is 10.1. The van der Waals surface area contributed by atoms with E-state index in [2.05, 4.69) is 6.92 Å². The molecule has 1 N–H and O–H groups in total. The molecule has 0 atom stereocenters. The number of hydrogen-bond donors (Lipinski definition) is 1. The number of carbonyl (C=O) groups is 2. The number of aliphatic carboxylic acids is 1. The summed E-state index contributed by atoms with van der Waals surface area (Å²) in [6, 6.07) is 10.9. The van der Waals surface area contributed by atoms with Crippen LogP contribution in [0.4, 0.5) is 4.39 Å². The normalized spacial score (nSPS) is 11.0. The highest BCUT2D eigenvalue weighted by Gasteiger charge is 2.21. The van der Waals surface area contributed by atoms with Crippen LogP contribution < -0.4 is 4.74 Å². The van der Waals surface area contributed by atoms with Gasteiger partial charge in [0.15, 0.2) is 0 Å². The van der Waals surface area contributed by atoms with Crippen LogP contribution in [0.2, 0.25) is 0 Å². The molecule has 3 rings (SSSR count). The largest absolute Gasteiger partial charge is 0.494 e. The zero-order valence-electron chi connectivity index (χ0n) is 15.9. The summed E-state index contributed by atoms with van der Waals surface area (Å²) < 4.78 is 20.8. The zero-order valence-corrected chi connectivity index (χ0v) is 15.9. The van der Waals surface area contributed by atoms with Crippen LogP contribution in [0.3, 0.4) is 0 Å². The first-order valence-corrected chi connectivity index (χ1v) is 9.21. The Kier molecular flexibility index (Phi) is 5.78. The predicted molar refractivity (Wildman–Crippen MR) is 105 cm³/mol. The second-order valence-electron chi connectivity index (χ2n) is 6.66. The van der Waals surface area contributed by atoms with Crippen molar-refractivity contribution in [1.29, 1.82) is 0 Å². The Morgan fingerprint density at radius 1 is 1.14 bits per heavy atom. The van der Waals surface area contributed by atoms with Crippen LogP contribution in [0.1, 0.15) is 41.4 Å². The van der Waals surface area contributed by atoms with E-state index < -0.39 is 11.8 Å². The Bertz CT molecular complexity index is 1020. The highest BCUT2D eigenvalue weighted by molar-refractivity contribution is 6.04. The van der Waals surface area contributed by atoms with Crippen LogP contribution in [-0.2, 0) is 11.2 Å². The molecule has 5 nitrogen and oxygen atoms in total. The van der Waals surface area contributed by atoms with Gasteiger partial charge in [0.2, 0.25) is 0 Å². The fraction of sp³-hybridized carbons (Fsp3) is 0.273. The van der Waals surface area contributed by atoms with Crippen molar-refractivity contribution in [2.24, 2.45) is 0 Å². The maximum Gasteiger partial charge on any atom is 0.307 e. The number of carboxylic acids is 1. The molecule has 6 heteroatoms. The van der Waals surface area contributed by atoms with Gasteiger partial charge in [-0.15, -0.1) is 0 Å². The van der Waals surface area contributed by atoms with Gasteiger partial charge in [-0.3, -0.25) is 14.2 Å². The van der Waals surface area contributed by atoms with E-state index in [0.717, 1.165) is 12.8 Å². The number of halogens is 1. The third-order valence-electron chi connectivity index (χ3n) is 4.70. The van der Waals surface area contributed by atoms with Crippen LogP contribution >= 0.6 is 0 Å². The van der Waals surface area contributed by atoms with Crippen molar-refractivity contribution in [3.63, 3.8) is 0 Å². The smallest absolute Gasteiger partial charge is 0.307 e. The number of unbranched alkanes of at least 4 members (excludes halogenated alkanes) is 1. The van der Waals surface area contributed by atoms with Crippen molar-refractivity contribution in [3.8, 4) is 5.75 Å². The first-order chi connectivity index (χ1) is 13.4. The Morgan fingerprint density at radius 2 is 1.86 bits per heavy atom. The van der Waals surface area contributed by atoms with E-state index in [4.69, 9.17) is 4.74 Å². The summed E-state index contributed by atoms with van der Waals surface area (Å²) in [4.78, 5) is 24.4. The van der Waals surface area contributed by atoms with Crippen LogP contribution in [0.5, 0.6) is 5.75 Å². The topological polar surface area (TPSA) is 68.5 Å². The van der Waals surface area contributed by atoms with Gasteiger partial charge in [-0.1, -0.05) is 13.3 Å². The first kappa shape index (κ1) is 19.6. The SMILES string of the molecule is CCCCOc1ccc(C(=O)n2c(C)c(CC(=O)O)c3cc(F)ccc32)cc1. The summed E-state index contributed by atoms with van der Waals surface area (Å²) >= 11 is 0. The molecule has 1 aromatic heterocycles. The second-order valence-corrected chi connectivity index (χ2v) is 6.66. The minimum atomic E-state index is -1.03. The molecule has 0 radical (unpaired) electrons. The summed E-state index contributed by atoms with van der Waals surface area (Å²) in [5, 5.41) is 9.64. The molecule has 0 aliphatic rings. The molecule has 146 valence electrons. The fourth-order valence-corrected chi connectivity index (χ4v) is 3.25. The summed E-state index contributed by atoms with van der Waals surface area (Å²) in [6.07, 6.45) is 1.71. The third-order valence-corrected chi connectivity index (χ3v) is 4.70. The molecule has 28 heavy (non-hydrogen) atoms. The number of hydrogen-bond acceptors (Lipinski definition) is 3. The van der Waals surface area contributed by atoms with Crippen LogP contribution in [0.15, 0.2) is 42.5 Å². The lowest BCUT2D eigenvalue weighted by Crippen LogP contribution is -2.14. The Labute approximate surface area is 162 Å². The number of nitrogens with zero attached hydrogens (tertiary/aromatic N) is 1. The second kappa shape index (κ2) is 8.25. The molecule has 1 heterocycles. The van der Waals surface area contributed by atoms with Crippen LogP contribution in [0, 0.1) is 12.7 Å². The quantitative estimate of drug-likeness (QED) is 0.606. The lowest BCUT2D eigenvalue weighted by molar-refractivity contribution is -0.136. The molecule has 3 aromatic rings. The van der Waals surface area contributed by atoms with E-state index >= 15 is 0 Å². The number of carboxylic acid groups (broad SMARTS) is 1. The van der Waals surface area contributed by atoms with E-state index in [9.17, 15) is 19.1 Å². The average molecular weight is 383 g/mol. The van der Waals surface area contributed by atoms with Gasteiger partial charge in [0.25, 0.3) is 5.91 Å². The first-order valence-electron chi connectivity index (χ1n) is 9.21.